The first-order valence-electron chi connectivity index (χ1n) is 12.6. The van der Waals surface area contributed by atoms with E-state index >= 15 is 0 Å². The van der Waals surface area contributed by atoms with Gasteiger partial charge in [0, 0.05) is 37.4 Å². The van der Waals surface area contributed by atoms with E-state index in [4.69, 9.17) is 15.7 Å². The van der Waals surface area contributed by atoms with Gasteiger partial charge < -0.3 is 20.9 Å². The number of imidazole rings is 1. The average Bonchev–Trinajstić information content (AvgIpc) is 3.30. The second-order valence-corrected chi connectivity index (χ2v) is 11.4. The normalized spacial score (nSPS) is 21.8. The van der Waals surface area contributed by atoms with Gasteiger partial charge in [0.2, 0.25) is 16.0 Å². The van der Waals surface area contributed by atoms with Crippen molar-refractivity contribution in [2.45, 2.75) is 75.4 Å². The molecule has 11 heteroatoms. The molecule has 1 aliphatic heterocycles. The Balaban J connectivity index is 1.39. The molecule has 0 bridgehead atoms. The number of rotatable bonds is 7. The molecule has 1 aliphatic carbocycles. The lowest BCUT2D eigenvalue weighted by atomic mass is 9.92. The molecule has 0 spiro atoms. The van der Waals surface area contributed by atoms with Gasteiger partial charge >= 0.3 is 0 Å². The summed E-state index contributed by atoms with van der Waals surface area (Å²) in [5.41, 5.74) is 8.22. The molecule has 2 fully saturated rings. The maximum atomic E-state index is 13.0. The fraction of sp³-hybridized carbons (Fsp3) is 0.542. The van der Waals surface area contributed by atoms with Gasteiger partial charge in [0.05, 0.1) is 11.2 Å². The molecular weight excluding hydrogens is 464 g/mol. The Labute approximate surface area is 206 Å². The summed E-state index contributed by atoms with van der Waals surface area (Å²) >= 11 is 0. The fourth-order valence-electron chi connectivity index (χ4n) is 4.87. The van der Waals surface area contributed by atoms with Crippen LogP contribution in [0.1, 0.15) is 51.9 Å². The van der Waals surface area contributed by atoms with Gasteiger partial charge in [-0.1, -0.05) is 6.42 Å². The van der Waals surface area contributed by atoms with E-state index in [1.54, 1.807) is 34.9 Å². The lowest BCUT2D eigenvalue weighted by molar-refractivity contribution is 0.346. The summed E-state index contributed by atoms with van der Waals surface area (Å²) < 4.78 is 29.5. The van der Waals surface area contributed by atoms with Crippen LogP contribution >= 0.6 is 0 Å². The van der Waals surface area contributed by atoms with Crippen molar-refractivity contribution < 1.29 is 8.42 Å². The number of nitrogens with zero attached hydrogens (tertiary/aromatic N) is 5. The molecule has 5 rings (SSSR count). The Bertz CT molecular complexity index is 1260. The van der Waals surface area contributed by atoms with Crippen molar-refractivity contribution in [3.63, 3.8) is 0 Å². The van der Waals surface area contributed by atoms with Crippen molar-refractivity contribution in [2.75, 3.05) is 23.7 Å². The zero-order valence-electron chi connectivity index (χ0n) is 20.2. The quantitative estimate of drug-likeness (QED) is 0.451. The zero-order chi connectivity index (χ0) is 24.4. The lowest BCUT2D eigenvalue weighted by Crippen LogP contribution is -2.35. The van der Waals surface area contributed by atoms with Crippen LogP contribution < -0.4 is 16.4 Å². The number of benzene rings is 1. The Hall–Kier alpha value is -2.76. The minimum absolute atomic E-state index is 0.275. The van der Waals surface area contributed by atoms with Crippen molar-refractivity contribution in [2.24, 2.45) is 5.73 Å². The summed E-state index contributed by atoms with van der Waals surface area (Å²) in [6.07, 6.45) is 8.64. The summed E-state index contributed by atoms with van der Waals surface area (Å²) in [6.45, 7) is 3.97. The molecule has 35 heavy (non-hydrogen) atoms. The molecule has 3 heterocycles. The van der Waals surface area contributed by atoms with Gasteiger partial charge in [0.15, 0.2) is 17.0 Å². The largest absolute Gasteiger partial charge is 0.351 e. The van der Waals surface area contributed by atoms with E-state index < -0.39 is 10.0 Å². The number of piperidine rings is 1. The van der Waals surface area contributed by atoms with Crippen LogP contribution in [0.15, 0.2) is 35.5 Å². The molecule has 188 valence electrons. The number of hydrogen-bond donors (Lipinski definition) is 3. The van der Waals surface area contributed by atoms with E-state index in [-0.39, 0.29) is 12.1 Å². The van der Waals surface area contributed by atoms with Crippen molar-refractivity contribution in [3.05, 3.63) is 30.6 Å². The van der Waals surface area contributed by atoms with Crippen LogP contribution in [-0.4, -0.2) is 57.4 Å². The van der Waals surface area contributed by atoms with Crippen molar-refractivity contribution in [1.82, 2.24) is 23.8 Å². The van der Waals surface area contributed by atoms with E-state index in [9.17, 15) is 8.42 Å². The molecule has 0 atom stereocenters. The summed E-state index contributed by atoms with van der Waals surface area (Å²) in [5, 5.41) is 6.81. The molecule has 1 aromatic carbocycles. The summed E-state index contributed by atoms with van der Waals surface area (Å²) in [5.74, 6) is 1.14. The fourth-order valence-corrected chi connectivity index (χ4v) is 6.39. The third-order valence-corrected chi connectivity index (χ3v) is 8.89. The van der Waals surface area contributed by atoms with Crippen molar-refractivity contribution in [3.8, 4) is 0 Å². The van der Waals surface area contributed by atoms with E-state index in [2.05, 4.69) is 15.6 Å². The summed E-state index contributed by atoms with van der Waals surface area (Å²) in [7, 11) is -3.47. The van der Waals surface area contributed by atoms with E-state index in [1.807, 2.05) is 11.5 Å². The molecule has 2 aromatic heterocycles. The Morgan fingerprint density at radius 3 is 2.43 bits per heavy atom. The van der Waals surface area contributed by atoms with Crippen molar-refractivity contribution in [1.29, 1.82) is 0 Å². The first-order chi connectivity index (χ1) is 16.9. The van der Waals surface area contributed by atoms with Gasteiger partial charge in [-0.15, -0.1) is 0 Å². The predicted molar refractivity (Wildman–Crippen MR) is 137 cm³/mol. The van der Waals surface area contributed by atoms with Crippen LogP contribution in [0, 0.1) is 0 Å². The molecule has 1 saturated heterocycles. The highest BCUT2D eigenvalue weighted by molar-refractivity contribution is 7.89. The third-order valence-electron chi connectivity index (χ3n) is 6.98. The number of hydrogen-bond acceptors (Lipinski definition) is 8. The molecule has 2 aliphatic rings. The number of sulfonamides is 1. The molecule has 4 N–H and O–H groups in total. The number of nitrogens with one attached hydrogen (secondary N) is 2. The van der Waals surface area contributed by atoms with Gasteiger partial charge in [-0.25, -0.2) is 13.4 Å². The third kappa shape index (κ3) is 5.12. The van der Waals surface area contributed by atoms with Crippen LogP contribution in [0.3, 0.4) is 0 Å². The SMILES string of the molecule is CCn1cnc2c(Nc3ccc(S(=O)(=O)N4CCCCC4)cc3)nc(NC3CCC(N)CC3)nc21. The standard InChI is InChI=1S/C24H34N8O2S/c1-2-31-16-26-21-22(29-24(30-23(21)31)28-19-8-6-17(25)7-9-19)27-18-10-12-20(13-11-18)35(33,34)32-14-4-3-5-15-32/h10-13,16-17,19H,2-9,14-15,25H2,1H3,(H2,27,28,29,30). The van der Waals surface area contributed by atoms with Crippen LogP contribution in [0.2, 0.25) is 0 Å². The summed E-state index contributed by atoms with van der Waals surface area (Å²) in [6, 6.07) is 7.42. The topological polar surface area (TPSA) is 131 Å². The van der Waals surface area contributed by atoms with Gasteiger partial charge in [0.25, 0.3) is 0 Å². The first kappa shape index (κ1) is 24.0. The number of aromatic nitrogens is 4. The maximum Gasteiger partial charge on any atom is 0.243 e. The van der Waals surface area contributed by atoms with Crippen molar-refractivity contribution >= 4 is 38.6 Å². The van der Waals surface area contributed by atoms with Crippen LogP contribution in [-0.2, 0) is 16.6 Å². The monoisotopic (exact) mass is 498 g/mol. The molecule has 0 unspecified atom stereocenters. The second-order valence-electron chi connectivity index (χ2n) is 9.47. The molecule has 0 amide bonds. The number of aryl methyl sites for hydroxylation is 1. The molecule has 10 nitrogen and oxygen atoms in total. The van der Waals surface area contributed by atoms with Crippen LogP contribution in [0.4, 0.5) is 17.5 Å². The first-order valence-corrected chi connectivity index (χ1v) is 14.0. The maximum absolute atomic E-state index is 13.0. The van der Waals surface area contributed by atoms with Gasteiger partial charge in [-0.3, -0.25) is 0 Å². The average molecular weight is 499 g/mol. The molecule has 1 saturated carbocycles. The van der Waals surface area contributed by atoms with Gasteiger partial charge in [-0.05, 0) is 69.7 Å². The highest BCUT2D eigenvalue weighted by Gasteiger charge is 2.26. The second kappa shape index (κ2) is 10.1. The number of nitrogens with two attached hydrogens (primary N) is 1. The van der Waals surface area contributed by atoms with Crippen LogP contribution in [0.25, 0.3) is 11.2 Å². The Morgan fingerprint density at radius 1 is 1.03 bits per heavy atom. The minimum Gasteiger partial charge on any atom is -0.351 e. The smallest absolute Gasteiger partial charge is 0.243 e. The lowest BCUT2D eigenvalue weighted by Gasteiger charge is -2.27. The van der Waals surface area contributed by atoms with E-state index in [0.717, 1.165) is 62.8 Å². The van der Waals surface area contributed by atoms with Gasteiger partial charge in [0.1, 0.15) is 0 Å². The molecular formula is C24H34N8O2S. The minimum atomic E-state index is -3.47. The number of fused-ring (bicyclic) bond motifs is 1. The van der Waals surface area contributed by atoms with E-state index in [1.165, 1.54) is 0 Å². The predicted octanol–water partition coefficient (Wildman–Crippen LogP) is 3.45. The molecule has 0 radical (unpaired) electrons. The zero-order valence-corrected chi connectivity index (χ0v) is 21.0. The van der Waals surface area contributed by atoms with Crippen LogP contribution in [0.5, 0.6) is 0 Å². The Morgan fingerprint density at radius 2 is 1.74 bits per heavy atom. The highest BCUT2D eigenvalue weighted by Crippen LogP contribution is 2.28. The highest BCUT2D eigenvalue weighted by atomic mass is 32.2. The molecule has 3 aromatic rings. The Kier molecular flexibility index (Phi) is 6.90. The number of anilines is 3. The van der Waals surface area contributed by atoms with Gasteiger partial charge in [-0.2, -0.15) is 14.3 Å². The summed E-state index contributed by atoms with van der Waals surface area (Å²) in [4.78, 5) is 14.3. The van der Waals surface area contributed by atoms with E-state index in [0.29, 0.717) is 35.3 Å².